The summed E-state index contributed by atoms with van der Waals surface area (Å²) in [5.41, 5.74) is -0.245. The molecule has 0 saturated heterocycles. The molecule has 19 heavy (non-hydrogen) atoms. The Morgan fingerprint density at radius 3 is 2.26 bits per heavy atom. The van der Waals surface area contributed by atoms with E-state index < -0.39 is 11.7 Å². The highest BCUT2D eigenvalue weighted by Gasteiger charge is 2.36. The maximum Gasteiger partial charge on any atom is 0.0897 e. The Labute approximate surface area is 117 Å². The Morgan fingerprint density at radius 1 is 1.16 bits per heavy atom. The van der Waals surface area contributed by atoms with E-state index in [-0.39, 0.29) is 6.10 Å². The molecular weight excluding hydrogens is 242 g/mol. The third kappa shape index (κ3) is 6.70. The molecule has 0 spiro atoms. The van der Waals surface area contributed by atoms with Gasteiger partial charge in [-0.25, -0.2) is 0 Å². The SMILES string of the molecule is CC(C)OCC(O)CNCC1(O)CCC(C)(C)CC1. The normalized spacial score (nSPS) is 23.5. The fourth-order valence-corrected chi connectivity index (χ4v) is 2.40. The molecule has 3 N–H and O–H groups in total. The summed E-state index contributed by atoms with van der Waals surface area (Å²) in [6.07, 6.45) is 3.43. The molecule has 1 fully saturated rings. The van der Waals surface area contributed by atoms with Gasteiger partial charge in [0.05, 0.1) is 24.4 Å². The summed E-state index contributed by atoms with van der Waals surface area (Å²) in [7, 11) is 0. The largest absolute Gasteiger partial charge is 0.389 e. The van der Waals surface area contributed by atoms with Crippen molar-refractivity contribution in [3.05, 3.63) is 0 Å². The first-order valence-electron chi connectivity index (χ1n) is 7.45. The molecule has 4 nitrogen and oxygen atoms in total. The van der Waals surface area contributed by atoms with Gasteiger partial charge in [-0.05, 0) is 44.9 Å². The van der Waals surface area contributed by atoms with Crippen LogP contribution >= 0.6 is 0 Å². The fraction of sp³-hybridized carbons (Fsp3) is 1.00. The van der Waals surface area contributed by atoms with E-state index >= 15 is 0 Å². The lowest BCUT2D eigenvalue weighted by Gasteiger charge is -2.40. The lowest BCUT2D eigenvalue weighted by molar-refractivity contribution is -0.0300. The Bertz CT molecular complexity index is 256. The van der Waals surface area contributed by atoms with E-state index in [9.17, 15) is 10.2 Å². The van der Waals surface area contributed by atoms with E-state index in [1.807, 2.05) is 13.8 Å². The molecule has 0 radical (unpaired) electrons. The van der Waals surface area contributed by atoms with Crippen molar-refractivity contribution in [3.8, 4) is 0 Å². The first-order valence-corrected chi connectivity index (χ1v) is 7.45. The number of hydrogen-bond donors (Lipinski definition) is 3. The van der Waals surface area contributed by atoms with Crippen molar-refractivity contribution < 1.29 is 14.9 Å². The monoisotopic (exact) mass is 273 g/mol. The minimum Gasteiger partial charge on any atom is -0.389 e. The van der Waals surface area contributed by atoms with Crippen LogP contribution in [0.3, 0.4) is 0 Å². The zero-order chi connectivity index (χ0) is 14.5. The number of aliphatic hydroxyl groups is 2. The summed E-state index contributed by atoms with van der Waals surface area (Å²) in [6.45, 7) is 9.79. The smallest absolute Gasteiger partial charge is 0.0897 e. The third-order valence-electron chi connectivity index (χ3n) is 3.99. The number of nitrogens with one attached hydrogen (secondary N) is 1. The van der Waals surface area contributed by atoms with Crippen molar-refractivity contribution in [2.24, 2.45) is 5.41 Å². The molecule has 114 valence electrons. The van der Waals surface area contributed by atoms with Gasteiger partial charge in [0, 0.05) is 13.1 Å². The summed E-state index contributed by atoms with van der Waals surface area (Å²) < 4.78 is 5.35. The van der Waals surface area contributed by atoms with Gasteiger partial charge in [-0.15, -0.1) is 0 Å². The van der Waals surface area contributed by atoms with Crippen LogP contribution in [0.15, 0.2) is 0 Å². The van der Waals surface area contributed by atoms with Gasteiger partial charge < -0.3 is 20.3 Å². The lowest BCUT2D eigenvalue weighted by atomic mass is 9.71. The Balaban J connectivity index is 2.18. The van der Waals surface area contributed by atoms with Crippen LogP contribution < -0.4 is 5.32 Å². The molecule has 0 aliphatic heterocycles. The molecule has 1 aliphatic carbocycles. The molecule has 0 aromatic carbocycles. The van der Waals surface area contributed by atoms with Gasteiger partial charge in [-0.3, -0.25) is 0 Å². The average Bonchev–Trinajstić information content (AvgIpc) is 2.31. The molecule has 0 aromatic rings. The summed E-state index contributed by atoms with van der Waals surface area (Å²) in [5, 5.41) is 23.4. The minimum absolute atomic E-state index is 0.138. The maximum atomic E-state index is 10.5. The molecule has 0 heterocycles. The average molecular weight is 273 g/mol. The summed E-state index contributed by atoms with van der Waals surface area (Å²) >= 11 is 0. The van der Waals surface area contributed by atoms with E-state index in [2.05, 4.69) is 19.2 Å². The first-order chi connectivity index (χ1) is 8.72. The molecular formula is C15H31NO3. The second-order valence-electron chi connectivity index (χ2n) is 7.06. The van der Waals surface area contributed by atoms with Crippen LogP contribution in [0.5, 0.6) is 0 Å². The van der Waals surface area contributed by atoms with Gasteiger partial charge in [0.15, 0.2) is 0 Å². The van der Waals surface area contributed by atoms with E-state index in [4.69, 9.17) is 4.74 Å². The van der Waals surface area contributed by atoms with Gasteiger partial charge in [-0.1, -0.05) is 13.8 Å². The highest BCUT2D eigenvalue weighted by Crippen LogP contribution is 2.39. The maximum absolute atomic E-state index is 10.5. The molecule has 1 atom stereocenters. The van der Waals surface area contributed by atoms with E-state index in [0.717, 1.165) is 25.7 Å². The van der Waals surface area contributed by atoms with Gasteiger partial charge in [-0.2, -0.15) is 0 Å². The Morgan fingerprint density at radius 2 is 1.74 bits per heavy atom. The predicted octanol–water partition coefficient (Wildman–Crippen LogP) is 1.69. The van der Waals surface area contributed by atoms with Crippen molar-refractivity contribution >= 4 is 0 Å². The Hall–Kier alpha value is -0.160. The number of ether oxygens (including phenoxy) is 1. The molecule has 4 heteroatoms. The van der Waals surface area contributed by atoms with Crippen molar-refractivity contribution in [2.45, 2.75) is 71.2 Å². The van der Waals surface area contributed by atoms with E-state index in [0.29, 0.717) is 25.1 Å². The standard InChI is InChI=1S/C15H31NO3/c1-12(2)19-10-13(17)9-16-11-15(18)7-5-14(3,4)6-8-15/h12-13,16-18H,5-11H2,1-4H3. The predicted molar refractivity (Wildman–Crippen MR) is 77.2 cm³/mol. The summed E-state index contributed by atoms with van der Waals surface area (Å²) in [5.74, 6) is 0. The quantitative estimate of drug-likeness (QED) is 0.660. The van der Waals surface area contributed by atoms with Gasteiger partial charge in [0.25, 0.3) is 0 Å². The van der Waals surface area contributed by atoms with E-state index in [1.54, 1.807) is 0 Å². The Kier molecular flexibility index (Phi) is 6.24. The number of rotatable bonds is 7. The van der Waals surface area contributed by atoms with E-state index in [1.165, 1.54) is 0 Å². The molecule has 1 saturated carbocycles. The highest BCUT2D eigenvalue weighted by atomic mass is 16.5. The van der Waals surface area contributed by atoms with Gasteiger partial charge in [0.1, 0.15) is 0 Å². The molecule has 0 amide bonds. The third-order valence-corrected chi connectivity index (χ3v) is 3.99. The van der Waals surface area contributed by atoms with Crippen LogP contribution in [0, 0.1) is 5.41 Å². The molecule has 1 aliphatic rings. The summed E-state index contributed by atoms with van der Waals surface area (Å²) in [4.78, 5) is 0. The zero-order valence-electron chi connectivity index (χ0n) is 12.9. The van der Waals surface area contributed by atoms with Crippen LogP contribution in [0.1, 0.15) is 53.4 Å². The second kappa shape index (κ2) is 7.02. The summed E-state index contributed by atoms with van der Waals surface area (Å²) in [6, 6.07) is 0. The van der Waals surface area contributed by atoms with Gasteiger partial charge in [0.2, 0.25) is 0 Å². The molecule has 0 bridgehead atoms. The van der Waals surface area contributed by atoms with Crippen molar-refractivity contribution in [1.29, 1.82) is 0 Å². The van der Waals surface area contributed by atoms with Gasteiger partial charge >= 0.3 is 0 Å². The van der Waals surface area contributed by atoms with Crippen molar-refractivity contribution in [2.75, 3.05) is 19.7 Å². The van der Waals surface area contributed by atoms with Crippen molar-refractivity contribution in [1.82, 2.24) is 5.32 Å². The molecule has 1 unspecified atom stereocenters. The van der Waals surface area contributed by atoms with Crippen LogP contribution in [0.2, 0.25) is 0 Å². The van der Waals surface area contributed by atoms with Crippen LogP contribution in [0.25, 0.3) is 0 Å². The van der Waals surface area contributed by atoms with Crippen molar-refractivity contribution in [3.63, 3.8) is 0 Å². The lowest BCUT2D eigenvalue weighted by Crippen LogP contribution is -2.47. The molecule has 0 aromatic heterocycles. The fourth-order valence-electron chi connectivity index (χ4n) is 2.40. The zero-order valence-corrected chi connectivity index (χ0v) is 12.9. The minimum atomic E-state index is -0.603. The van der Waals surface area contributed by atoms with Crippen LogP contribution in [-0.4, -0.2) is 47.7 Å². The van der Waals surface area contributed by atoms with Crippen LogP contribution in [0.4, 0.5) is 0 Å². The number of hydrogen-bond acceptors (Lipinski definition) is 4. The van der Waals surface area contributed by atoms with Crippen LogP contribution in [-0.2, 0) is 4.74 Å². The number of aliphatic hydroxyl groups excluding tert-OH is 1. The second-order valence-corrected chi connectivity index (χ2v) is 7.06. The highest BCUT2D eigenvalue weighted by molar-refractivity contribution is 4.90. The topological polar surface area (TPSA) is 61.7 Å². The first kappa shape index (κ1) is 16.9. The molecule has 1 rings (SSSR count).